The summed E-state index contributed by atoms with van der Waals surface area (Å²) in [5.74, 6) is 0. The van der Waals surface area contributed by atoms with Crippen LogP contribution < -0.4 is 5.32 Å². The van der Waals surface area contributed by atoms with Crippen molar-refractivity contribution in [3.8, 4) is 0 Å². The molecule has 2 rings (SSSR count). The lowest BCUT2D eigenvalue weighted by atomic mass is 10.1. The van der Waals surface area contributed by atoms with Crippen molar-refractivity contribution in [3.63, 3.8) is 0 Å². The number of pyridine rings is 1. The van der Waals surface area contributed by atoms with Crippen LogP contribution in [0.25, 0.3) is 0 Å². The molecule has 0 amide bonds. The van der Waals surface area contributed by atoms with E-state index in [9.17, 15) is 0 Å². The van der Waals surface area contributed by atoms with E-state index in [4.69, 9.17) is 0 Å². The van der Waals surface area contributed by atoms with Gasteiger partial charge in [0.05, 0.1) is 0 Å². The normalized spacial score (nSPS) is 14.6. The summed E-state index contributed by atoms with van der Waals surface area (Å²) >= 11 is 1.74. The van der Waals surface area contributed by atoms with Crippen molar-refractivity contribution in [2.75, 3.05) is 0 Å². The lowest BCUT2D eigenvalue weighted by Crippen LogP contribution is -2.22. The van der Waals surface area contributed by atoms with Gasteiger partial charge in [0.2, 0.25) is 0 Å². The van der Waals surface area contributed by atoms with E-state index in [0.717, 1.165) is 0 Å². The standard InChI is InChI=1S/C13H16N2S/c1-10(12-4-3-6-14-8-12)15-11(2)13-5-7-16-9-13/h3-11,15H,1-2H3. The third-order valence-corrected chi connectivity index (χ3v) is 3.43. The Hall–Kier alpha value is -1.19. The Morgan fingerprint density at radius 1 is 1.19 bits per heavy atom. The molecule has 16 heavy (non-hydrogen) atoms. The Morgan fingerprint density at radius 2 is 2.00 bits per heavy atom. The Morgan fingerprint density at radius 3 is 2.62 bits per heavy atom. The van der Waals surface area contributed by atoms with E-state index in [-0.39, 0.29) is 0 Å². The van der Waals surface area contributed by atoms with Crippen LogP contribution in [0, 0.1) is 0 Å². The average molecular weight is 232 g/mol. The van der Waals surface area contributed by atoms with E-state index >= 15 is 0 Å². The quantitative estimate of drug-likeness (QED) is 0.872. The Kier molecular flexibility index (Phi) is 3.70. The summed E-state index contributed by atoms with van der Waals surface area (Å²) < 4.78 is 0. The number of hydrogen-bond acceptors (Lipinski definition) is 3. The Bertz CT molecular complexity index is 411. The van der Waals surface area contributed by atoms with Crippen LogP contribution >= 0.6 is 11.3 Å². The van der Waals surface area contributed by atoms with E-state index in [2.05, 4.69) is 47.0 Å². The van der Waals surface area contributed by atoms with Crippen molar-refractivity contribution in [2.24, 2.45) is 0 Å². The van der Waals surface area contributed by atoms with Crippen LogP contribution in [0.4, 0.5) is 0 Å². The van der Waals surface area contributed by atoms with Gasteiger partial charge >= 0.3 is 0 Å². The fourth-order valence-electron chi connectivity index (χ4n) is 1.72. The van der Waals surface area contributed by atoms with Crippen LogP contribution in [0.5, 0.6) is 0 Å². The third-order valence-electron chi connectivity index (χ3n) is 2.73. The van der Waals surface area contributed by atoms with Gasteiger partial charge in [0.25, 0.3) is 0 Å². The lowest BCUT2D eigenvalue weighted by Gasteiger charge is -2.19. The van der Waals surface area contributed by atoms with E-state index in [1.807, 2.05) is 12.3 Å². The lowest BCUT2D eigenvalue weighted by molar-refractivity contribution is 0.494. The van der Waals surface area contributed by atoms with Gasteiger partial charge in [0.1, 0.15) is 0 Å². The summed E-state index contributed by atoms with van der Waals surface area (Å²) in [6.07, 6.45) is 3.72. The smallest absolute Gasteiger partial charge is 0.0315 e. The highest BCUT2D eigenvalue weighted by molar-refractivity contribution is 7.07. The molecule has 2 aromatic heterocycles. The maximum atomic E-state index is 4.14. The van der Waals surface area contributed by atoms with Gasteiger partial charge in [-0.3, -0.25) is 4.98 Å². The Balaban J connectivity index is 2.00. The molecule has 0 aliphatic carbocycles. The topological polar surface area (TPSA) is 24.9 Å². The van der Waals surface area contributed by atoms with Crippen LogP contribution in [0.15, 0.2) is 41.4 Å². The molecule has 0 aliphatic heterocycles. The fourth-order valence-corrected chi connectivity index (χ4v) is 2.48. The largest absolute Gasteiger partial charge is 0.304 e. The molecule has 2 nitrogen and oxygen atoms in total. The number of aromatic nitrogens is 1. The van der Waals surface area contributed by atoms with E-state index in [1.165, 1.54) is 11.1 Å². The second-order valence-corrected chi connectivity index (χ2v) is 4.73. The highest BCUT2D eigenvalue weighted by Crippen LogP contribution is 2.20. The van der Waals surface area contributed by atoms with Gasteiger partial charge in [0.15, 0.2) is 0 Å². The molecule has 2 atom stereocenters. The van der Waals surface area contributed by atoms with Gasteiger partial charge < -0.3 is 5.32 Å². The maximum absolute atomic E-state index is 4.14. The maximum Gasteiger partial charge on any atom is 0.0315 e. The predicted octanol–water partition coefficient (Wildman–Crippen LogP) is 3.55. The first-order valence-electron chi connectivity index (χ1n) is 5.45. The minimum Gasteiger partial charge on any atom is -0.304 e. The van der Waals surface area contributed by atoms with Crippen LogP contribution in [0.1, 0.15) is 37.1 Å². The minimum absolute atomic E-state index is 0.323. The molecule has 1 N–H and O–H groups in total. The summed E-state index contributed by atoms with van der Waals surface area (Å²) in [6, 6.07) is 6.94. The summed E-state index contributed by atoms with van der Waals surface area (Å²) in [5, 5.41) is 7.87. The van der Waals surface area contributed by atoms with Crippen LogP contribution in [0.3, 0.4) is 0 Å². The molecule has 0 fully saturated rings. The second-order valence-electron chi connectivity index (χ2n) is 3.95. The molecule has 2 aromatic rings. The molecule has 0 spiro atoms. The first-order chi connectivity index (χ1) is 7.77. The van der Waals surface area contributed by atoms with Gasteiger partial charge in [-0.1, -0.05) is 6.07 Å². The number of nitrogens with one attached hydrogen (secondary N) is 1. The first kappa shape index (κ1) is 11.3. The molecule has 0 aromatic carbocycles. The summed E-state index contributed by atoms with van der Waals surface area (Å²) in [7, 11) is 0. The summed E-state index contributed by atoms with van der Waals surface area (Å²) in [4.78, 5) is 4.14. The zero-order valence-corrected chi connectivity index (χ0v) is 10.4. The predicted molar refractivity (Wildman–Crippen MR) is 68.5 cm³/mol. The molecule has 0 saturated heterocycles. The highest BCUT2D eigenvalue weighted by atomic mass is 32.1. The van der Waals surface area contributed by atoms with Crippen LogP contribution in [0.2, 0.25) is 0 Å². The molecular formula is C13H16N2S. The van der Waals surface area contributed by atoms with Crippen molar-refractivity contribution < 1.29 is 0 Å². The van der Waals surface area contributed by atoms with Gasteiger partial charge in [-0.2, -0.15) is 11.3 Å². The SMILES string of the molecule is CC(NC(C)c1ccsc1)c1cccnc1. The molecular weight excluding hydrogens is 216 g/mol. The van der Waals surface area contributed by atoms with E-state index in [1.54, 1.807) is 17.5 Å². The van der Waals surface area contributed by atoms with Crippen molar-refractivity contribution in [3.05, 3.63) is 52.5 Å². The van der Waals surface area contributed by atoms with Crippen molar-refractivity contribution in [2.45, 2.75) is 25.9 Å². The minimum atomic E-state index is 0.323. The van der Waals surface area contributed by atoms with Crippen LogP contribution in [-0.4, -0.2) is 4.98 Å². The van der Waals surface area contributed by atoms with Crippen LogP contribution in [-0.2, 0) is 0 Å². The van der Waals surface area contributed by atoms with Crippen molar-refractivity contribution in [1.82, 2.24) is 10.3 Å². The molecule has 0 bridgehead atoms. The molecule has 3 heteroatoms. The van der Waals surface area contributed by atoms with E-state index < -0.39 is 0 Å². The monoisotopic (exact) mass is 232 g/mol. The first-order valence-corrected chi connectivity index (χ1v) is 6.39. The van der Waals surface area contributed by atoms with Crippen molar-refractivity contribution in [1.29, 1.82) is 0 Å². The molecule has 84 valence electrons. The number of thiophene rings is 1. The zero-order chi connectivity index (χ0) is 11.4. The van der Waals surface area contributed by atoms with Crippen molar-refractivity contribution >= 4 is 11.3 Å². The van der Waals surface area contributed by atoms with Gasteiger partial charge in [0, 0.05) is 24.5 Å². The van der Waals surface area contributed by atoms with Gasteiger partial charge in [-0.15, -0.1) is 0 Å². The Labute approximate surface area is 100 Å². The second kappa shape index (κ2) is 5.23. The molecule has 0 radical (unpaired) electrons. The summed E-state index contributed by atoms with van der Waals surface area (Å²) in [6.45, 7) is 4.36. The number of rotatable bonds is 4. The number of nitrogens with zero attached hydrogens (tertiary/aromatic N) is 1. The fraction of sp³-hybridized carbons (Fsp3) is 0.308. The highest BCUT2D eigenvalue weighted by Gasteiger charge is 2.10. The molecule has 2 unspecified atom stereocenters. The van der Waals surface area contributed by atoms with E-state index in [0.29, 0.717) is 12.1 Å². The zero-order valence-electron chi connectivity index (χ0n) is 9.55. The molecule has 0 saturated carbocycles. The van der Waals surface area contributed by atoms with Gasteiger partial charge in [-0.05, 0) is 47.9 Å². The molecule has 2 heterocycles. The van der Waals surface area contributed by atoms with Gasteiger partial charge in [-0.25, -0.2) is 0 Å². The number of hydrogen-bond donors (Lipinski definition) is 1. The average Bonchev–Trinajstić information content (AvgIpc) is 2.83. The molecule has 0 aliphatic rings. The third kappa shape index (κ3) is 2.68. The summed E-state index contributed by atoms with van der Waals surface area (Å²) in [5.41, 5.74) is 2.57.